The molecular formula is C22H22F4N2O4S. The van der Waals surface area contributed by atoms with E-state index in [0.29, 0.717) is 37.1 Å². The molecule has 11 heteroatoms. The summed E-state index contributed by atoms with van der Waals surface area (Å²) in [4.78, 5) is 13.5. The van der Waals surface area contributed by atoms with Gasteiger partial charge in [-0.25, -0.2) is 30.8 Å². The van der Waals surface area contributed by atoms with Gasteiger partial charge >= 0.3 is 6.09 Å². The first-order valence-corrected chi connectivity index (χ1v) is 12.2. The molecule has 1 unspecified atom stereocenters. The van der Waals surface area contributed by atoms with Crippen LogP contribution in [0.3, 0.4) is 0 Å². The predicted octanol–water partition coefficient (Wildman–Crippen LogP) is 5.49. The van der Waals surface area contributed by atoms with Gasteiger partial charge in [0.1, 0.15) is 11.9 Å². The zero-order chi connectivity index (χ0) is 24.1. The number of hydrogen-bond donors (Lipinski definition) is 1. The highest BCUT2D eigenvalue weighted by atomic mass is 32.2. The van der Waals surface area contributed by atoms with E-state index in [1.807, 2.05) is 6.92 Å². The number of nitrogens with one attached hydrogen (secondary N) is 1. The molecule has 2 aliphatic rings. The lowest BCUT2D eigenvalue weighted by Crippen LogP contribution is -2.37. The number of carbonyl (C=O) groups is 1. The van der Waals surface area contributed by atoms with Crippen molar-refractivity contribution >= 4 is 27.5 Å². The minimum absolute atomic E-state index is 0.0476. The number of nitrogens with zero attached hydrogens (tertiary/aromatic N) is 1. The van der Waals surface area contributed by atoms with Gasteiger partial charge in [0, 0.05) is 28.9 Å². The predicted molar refractivity (Wildman–Crippen MR) is 113 cm³/mol. The Morgan fingerprint density at radius 2 is 1.73 bits per heavy atom. The number of anilines is 2. The van der Waals surface area contributed by atoms with Crippen LogP contribution in [-0.4, -0.2) is 21.1 Å². The molecule has 1 fully saturated rings. The van der Waals surface area contributed by atoms with Gasteiger partial charge in [-0.2, -0.15) is 0 Å². The second-order valence-electron chi connectivity index (χ2n) is 8.23. The summed E-state index contributed by atoms with van der Waals surface area (Å²) in [6.45, 7) is 3.90. The summed E-state index contributed by atoms with van der Waals surface area (Å²) < 4.78 is 90.2. The number of hydrogen-bond acceptors (Lipinski definition) is 4. The molecule has 0 saturated heterocycles. The van der Waals surface area contributed by atoms with Gasteiger partial charge in [-0.1, -0.05) is 6.92 Å². The third-order valence-corrected chi connectivity index (χ3v) is 6.90. The van der Waals surface area contributed by atoms with Crippen molar-refractivity contribution in [1.82, 2.24) is 0 Å². The molecule has 1 aliphatic heterocycles. The highest BCUT2D eigenvalue weighted by Gasteiger charge is 2.36. The average Bonchev–Trinajstić information content (AvgIpc) is 3.58. The second kappa shape index (κ2) is 8.51. The van der Waals surface area contributed by atoms with Gasteiger partial charge < -0.3 is 4.74 Å². The van der Waals surface area contributed by atoms with Gasteiger partial charge in [0.05, 0.1) is 5.69 Å². The molecule has 6 nitrogen and oxygen atoms in total. The minimum Gasteiger partial charge on any atom is -0.441 e. The van der Waals surface area contributed by atoms with Crippen LogP contribution in [0.25, 0.3) is 0 Å². The smallest absolute Gasteiger partial charge is 0.414 e. The quantitative estimate of drug-likeness (QED) is 0.415. The van der Waals surface area contributed by atoms with E-state index in [0.717, 1.165) is 0 Å². The fourth-order valence-electron chi connectivity index (χ4n) is 3.96. The zero-order valence-corrected chi connectivity index (χ0v) is 18.7. The molecule has 1 saturated carbocycles. The molecule has 0 aromatic heterocycles. The van der Waals surface area contributed by atoms with E-state index in [-0.39, 0.29) is 5.69 Å². The van der Waals surface area contributed by atoms with Crippen molar-refractivity contribution in [3.8, 4) is 0 Å². The molecular weight excluding hydrogens is 464 g/mol. The molecule has 178 valence electrons. The third kappa shape index (κ3) is 4.38. The largest absolute Gasteiger partial charge is 0.441 e. The number of sulfonamides is 1. The van der Waals surface area contributed by atoms with Crippen LogP contribution in [0.1, 0.15) is 61.8 Å². The van der Waals surface area contributed by atoms with Crippen molar-refractivity contribution < 1.29 is 35.5 Å². The van der Waals surface area contributed by atoms with Gasteiger partial charge in [-0.15, -0.1) is 0 Å². The van der Waals surface area contributed by atoms with Crippen molar-refractivity contribution in [2.24, 2.45) is 0 Å². The van der Waals surface area contributed by atoms with Crippen molar-refractivity contribution in [1.29, 1.82) is 0 Å². The summed E-state index contributed by atoms with van der Waals surface area (Å²) >= 11 is 0. The number of cyclic esters (lactones) is 1. The standard InChI is InChI=1S/C22H22F4N2O4S/c1-3-8-28-16-7-6-13(9-14(16)11(2)32-22(28)29)27-33(30,31)10-15-18(23)20(25)17(12-4-5-12)21(26)19(15)24/h6-7,9,11-12,27H,3-5,8,10H2,1-2H3. The first kappa shape index (κ1) is 23.3. The summed E-state index contributed by atoms with van der Waals surface area (Å²) in [6.07, 6.45) is 0.315. The molecule has 0 radical (unpaired) electrons. The van der Waals surface area contributed by atoms with E-state index in [4.69, 9.17) is 4.74 Å². The summed E-state index contributed by atoms with van der Waals surface area (Å²) in [5.74, 6) is -8.42. The fraction of sp³-hybridized carbons (Fsp3) is 0.409. The van der Waals surface area contributed by atoms with Gasteiger partial charge in [-0.3, -0.25) is 9.62 Å². The van der Waals surface area contributed by atoms with Crippen LogP contribution in [0.5, 0.6) is 0 Å². The van der Waals surface area contributed by atoms with E-state index in [2.05, 4.69) is 4.72 Å². The fourth-order valence-corrected chi connectivity index (χ4v) is 5.15. The van der Waals surface area contributed by atoms with Gasteiger partial charge in [-0.05, 0) is 50.3 Å². The first-order chi connectivity index (χ1) is 15.5. The number of amides is 1. The molecule has 0 bridgehead atoms. The maximum absolute atomic E-state index is 14.5. The maximum atomic E-state index is 14.5. The normalized spacial score (nSPS) is 18.2. The Balaban J connectivity index is 1.62. The van der Waals surface area contributed by atoms with E-state index in [9.17, 15) is 30.8 Å². The number of halogens is 4. The van der Waals surface area contributed by atoms with Crippen LogP contribution >= 0.6 is 0 Å². The Hall–Kier alpha value is -2.82. The lowest BCUT2D eigenvalue weighted by atomic mass is 10.0. The molecule has 4 rings (SSSR count). The molecule has 33 heavy (non-hydrogen) atoms. The van der Waals surface area contributed by atoms with Gasteiger partial charge in [0.25, 0.3) is 0 Å². The molecule has 2 aromatic carbocycles. The van der Waals surface area contributed by atoms with E-state index in [1.54, 1.807) is 6.92 Å². The molecule has 2 aromatic rings. The van der Waals surface area contributed by atoms with Crippen molar-refractivity contribution in [2.75, 3.05) is 16.2 Å². The van der Waals surface area contributed by atoms with Crippen LogP contribution in [0.15, 0.2) is 18.2 Å². The van der Waals surface area contributed by atoms with E-state index < -0.39 is 68.3 Å². The Morgan fingerprint density at radius 1 is 1.09 bits per heavy atom. The first-order valence-electron chi connectivity index (χ1n) is 10.5. The molecule has 0 spiro atoms. The molecule has 1 atom stereocenters. The zero-order valence-electron chi connectivity index (χ0n) is 17.9. The Bertz CT molecular complexity index is 1200. The summed E-state index contributed by atoms with van der Waals surface area (Å²) in [7, 11) is -4.45. The molecule has 1 heterocycles. The van der Waals surface area contributed by atoms with Crippen molar-refractivity contribution in [2.45, 2.75) is 50.9 Å². The SMILES string of the molecule is CCCN1C(=O)OC(C)c2cc(NS(=O)(=O)Cc3c(F)c(F)c(C4CC4)c(F)c3F)ccc21. The highest BCUT2D eigenvalue weighted by molar-refractivity contribution is 7.91. The summed E-state index contributed by atoms with van der Waals surface area (Å²) in [6, 6.07) is 4.36. The maximum Gasteiger partial charge on any atom is 0.414 e. The summed E-state index contributed by atoms with van der Waals surface area (Å²) in [5, 5.41) is 0. The van der Waals surface area contributed by atoms with E-state index >= 15 is 0 Å². The van der Waals surface area contributed by atoms with Crippen LogP contribution < -0.4 is 9.62 Å². The van der Waals surface area contributed by atoms with Crippen LogP contribution in [-0.2, 0) is 20.5 Å². The highest BCUT2D eigenvalue weighted by Crippen LogP contribution is 2.44. The molecule has 1 N–H and O–H groups in total. The second-order valence-corrected chi connectivity index (χ2v) is 9.96. The molecule has 1 aliphatic carbocycles. The summed E-state index contributed by atoms with van der Waals surface area (Å²) in [5.41, 5.74) is -0.733. The van der Waals surface area contributed by atoms with Crippen molar-refractivity contribution in [3.05, 3.63) is 58.2 Å². The van der Waals surface area contributed by atoms with Gasteiger partial charge in [0.15, 0.2) is 23.3 Å². The van der Waals surface area contributed by atoms with Gasteiger partial charge in [0.2, 0.25) is 10.0 Å². The Kier molecular flexibility index (Phi) is 6.02. The minimum atomic E-state index is -4.45. The lowest BCUT2D eigenvalue weighted by Gasteiger charge is -2.32. The number of ether oxygens (including phenoxy) is 1. The molecule has 1 amide bonds. The van der Waals surface area contributed by atoms with E-state index in [1.165, 1.54) is 23.1 Å². The Labute approximate surface area is 188 Å². The average molecular weight is 486 g/mol. The number of carbonyl (C=O) groups excluding carboxylic acids is 1. The number of rotatable bonds is 7. The number of benzene rings is 2. The van der Waals surface area contributed by atoms with Crippen molar-refractivity contribution in [3.63, 3.8) is 0 Å². The lowest BCUT2D eigenvalue weighted by molar-refractivity contribution is 0.108. The third-order valence-electron chi connectivity index (χ3n) is 5.68. The van der Waals surface area contributed by atoms with Crippen LogP contribution in [0.4, 0.5) is 33.7 Å². The Morgan fingerprint density at radius 3 is 2.30 bits per heavy atom. The van der Waals surface area contributed by atoms with Crippen LogP contribution in [0.2, 0.25) is 0 Å². The number of fused-ring (bicyclic) bond motifs is 1. The monoisotopic (exact) mass is 486 g/mol. The topological polar surface area (TPSA) is 75.7 Å². The van der Waals surface area contributed by atoms with Crippen LogP contribution in [0, 0.1) is 23.3 Å².